The van der Waals surface area contributed by atoms with E-state index in [9.17, 15) is 4.79 Å². The normalized spacial score (nSPS) is 27.0. The van der Waals surface area contributed by atoms with Gasteiger partial charge in [-0.15, -0.1) is 0 Å². The molecular weight excluding hydrogens is 330 g/mol. The fraction of sp³-hybridized carbons (Fsp3) is 0.737. The molecule has 1 saturated carbocycles. The lowest BCUT2D eigenvalue weighted by Gasteiger charge is -2.37. The number of carbonyl (C=O) groups is 1. The largest absolute Gasteiger partial charge is 0.373 e. The highest BCUT2D eigenvalue weighted by atomic mass is 16.5. The van der Waals surface area contributed by atoms with Crippen molar-refractivity contribution in [3.05, 3.63) is 17.1 Å². The number of carbonyl (C=O) groups excluding carboxylic acids is 1. The number of nitrogens with zero attached hydrogens (tertiary/aromatic N) is 3. The van der Waals surface area contributed by atoms with Gasteiger partial charge < -0.3 is 20.3 Å². The molecular formula is C19H29N5O2. The Kier molecular flexibility index (Phi) is 4.61. The lowest BCUT2D eigenvalue weighted by Crippen LogP contribution is -2.42. The van der Waals surface area contributed by atoms with Crippen LogP contribution in [0, 0.1) is 13.8 Å². The van der Waals surface area contributed by atoms with Crippen LogP contribution in [0.3, 0.4) is 0 Å². The van der Waals surface area contributed by atoms with Gasteiger partial charge in [0.25, 0.3) is 5.91 Å². The van der Waals surface area contributed by atoms with Crippen molar-refractivity contribution in [3.8, 4) is 0 Å². The Bertz CT molecular complexity index is 703. The smallest absolute Gasteiger partial charge is 0.288 e. The van der Waals surface area contributed by atoms with Gasteiger partial charge in [-0.25, -0.2) is 9.97 Å². The lowest BCUT2D eigenvalue weighted by atomic mass is 9.77. The summed E-state index contributed by atoms with van der Waals surface area (Å²) in [4.78, 5) is 23.1. The van der Waals surface area contributed by atoms with Crippen LogP contribution in [0.4, 0.5) is 5.82 Å². The summed E-state index contributed by atoms with van der Waals surface area (Å²) < 4.78 is 6.06. The van der Waals surface area contributed by atoms with Crippen LogP contribution in [0.25, 0.3) is 0 Å². The van der Waals surface area contributed by atoms with Gasteiger partial charge in [-0.05, 0) is 46.0 Å². The van der Waals surface area contributed by atoms with Gasteiger partial charge >= 0.3 is 0 Å². The minimum atomic E-state index is -0.239. The molecule has 142 valence electrons. The quantitative estimate of drug-likeness (QED) is 0.844. The van der Waals surface area contributed by atoms with E-state index in [2.05, 4.69) is 25.5 Å². The Morgan fingerprint density at radius 3 is 2.73 bits per heavy atom. The molecule has 7 nitrogen and oxygen atoms in total. The summed E-state index contributed by atoms with van der Waals surface area (Å²) in [6.45, 7) is 6.66. The molecule has 2 N–H and O–H groups in total. The zero-order valence-electron chi connectivity index (χ0n) is 16.0. The second kappa shape index (κ2) is 6.78. The van der Waals surface area contributed by atoms with E-state index < -0.39 is 0 Å². The molecule has 3 aliphatic rings. The van der Waals surface area contributed by atoms with E-state index in [4.69, 9.17) is 4.74 Å². The molecule has 1 aliphatic carbocycles. The van der Waals surface area contributed by atoms with Crippen molar-refractivity contribution in [1.82, 2.24) is 20.6 Å². The molecule has 3 heterocycles. The van der Waals surface area contributed by atoms with Crippen molar-refractivity contribution < 1.29 is 9.53 Å². The number of nitrogens with one attached hydrogen (secondary N) is 2. The van der Waals surface area contributed by atoms with Crippen LogP contribution in [0.5, 0.6) is 0 Å². The summed E-state index contributed by atoms with van der Waals surface area (Å²) in [6, 6.07) is 0.909. The maximum absolute atomic E-state index is 12.0. The maximum Gasteiger partial charge on any atom is 0.288 e. The van der Waals surface area contributed by atoms with E-state index in [1.807, 2.05) is 13.8 Å². The third kappa shape index (κ3) is 3.18. The summed E-state index contributed by atoms with van der Waals surface area (Å²) in [5.74, 6) is 0.897. The van der Waals surface area contributed by atoms with Crippen molar-refractivity contribution in [3.63, 3.8) is 0 Å². The van der Waals surface area contributed by atoms with Gasteiger partial charge in [-0.3, -0.25) is 4.79 Å². The Hall–Kier alpha value is -1.73. The molecule has 3 fully saturated rings. The van der Waals surface area contributed by atoms with Crippen LogP contribution in [-0.2, 0) is 4.74 Å². The molecule has 1 unspecified atom stereocenters. The van der Waals surface area contributed by atoms with Gasteiger partial charge in [0.2, 0.25) is 5.82 Å². The fourth-order valence-electron chi connectivity index (χ4n) is 4.43. The highest BCUT2D eigenvalue weighted by molar-refractivity contribution is 5.90. The maximum atomic E-state index is 12.0. The second-order valence-corrected chi connectivity index (χ2v) is 8.01. The topological polar surface area (TPSA) is 79.4 Å². The van der Waals surface area contributed by atoms with Crippen molar-refractivity contribution in [2.75, 3.05) is 31.6 Å². The van der Waals surface area contributed by atoms with Gasteiger partial charge in [0, 0.05) is 43.5 Å². The van der Waals surface area contributed by atoms with Gasteiger partial charge in [-0.2, -0.15) is 0 Å². The highest BCUT2D eigenvalue weighted by Gasteiger charge is 2.45. The van der Waals surface area contributed by atoms with E-state index >= 15 is 0 Å². The number of aryl methyl sites for hydroxylation is 1. The number of rotatable bonds is 4. The van der Waals surface area contributed by atoms with Crippen LogP contribution in [0.2, 0.25) is 0 Å². The van der Waals surface area contributed by atoms with Crippen molar-refractivity contribution in [2.45, 2.75) is 63.6 Å². The van der Waals surface area contributed by atoms with Crippen LogP contribution in [0.1, 0.15) is 54.0 Å². The average Bonchev–Trinajstić information content (AvgIpc) is 3.24. The summed E-state index contributed by atoms with van der Waals surface area (Å²) in [7, 11) is 1.61. The molecule has 7 heteroatoms. The Morgan fingerprint density at radius 2 is 2.08 bits per heavy atom. The van der Waals surface area contributed by atoms with Crippen molar-refractivity contribution >= 4 is 11.7 Å². The van der Waals surface area contributed by atoms with Gasteiger partial charge in [0.1, 0.15) is 5.82 Å². The minimum Gasteiger partial charge on any atom is -0.373 e. The molecule has 1 aromatic rings. The third-order valence-electron chi connectivity index (χ3n) is 6.23. The number of anilines is 1. The van der Waals surface area contributed by atoms with Crippen LogP contribution in [0.15, 0.2) is 0 Å². The average molecular weight is 359 g/mol. The third-order valence-corrected chi connectivity index (χ3v) is 6.23. The molecule has 2 atom stereocenters. The predicted octanol–water partition coefficient (Wildman–Crippen LogP) is 1.33. The van der Waals surface area contributed by atoms with E-state index in [0.29, 0.717) is 12.1 Å². The van der Waals surface area contributed by atoms with E-state index in [1.165, 1.54) is 19.3 Å². The van der Waals surface area contributed by atoms with Gasteiger partial charge in [0.05, 0.1) is 12.2 Å². The summed E-state index contributed by atoms with van der Waals surface area (Å²) in [5, 5.41) is 6.41. The summed E-state index contributed by atoms with van der Waals surface area (Å²) in [6.07, 6.45) is 5.99. The van der Waals surface area contributed by atoms with Crippen molar-refractivity contribution in [1.29, 1.82) is 0 Å². The van der Waals surface area contributed by atoms with Crippen molar-refractivity contribution in [2.24, 2.45) is 0 Å². The van der Waals surface area contributed by atoms with E-state index in [1.54, 1.807) is 7.05 Å². The molecule has 2 saturated heterocycles. The molecule has 1 spiro atoms. The first-order valence-electron chi connectivity index (χ1n) is 9.72. The lowest BCUT2D eigenvalue weighted by molar-refractivity contribution is -0.0563. The number of ether oxygens (including phenoxy) is 1. The fourth-order valence-corrected chi connectivity index (χ4v) is 4.43. The predicted molar refractivity (Wildman–Crippen MR) is 99.6 cm³/mol. The summed E-state index contributed by atoms with van der Waals surface area (Å²) in [5.41, 5.74) is 2.11. The molecule has 1 aromatic heterocycles. The Labute approximate surface area is 154 Å². The Morgan fingerprint density at radius 1 is 1.27 bits per heavy atom. The van der Waals surface area contributed by atoms with Crippen LogP contribution >= 0.6 is 0 Å². The molecule has 0 bridgehead atoms. The first-order chi connectivity index (χ1) is 12.5. The highest BCUT2D eigenvalue weighted by Crippen LogP contribution is 2.43. The molecule has 2 aliphatic heterocycles. The monoisotopic (exact) mass is 359 g/mol. The SMILES string of the molecule is CNC(=O)c1nc(C)c(C)c(N2CC[C@@H](NC3COC4(CCC4)C3)C2)n1. The summed E-state index contributed by atoms with van der Waals surface area (Å²) >= 11 is 0. The molecule has 0 aromatic carbocycles. The molecule has 4 rings (SSSR count). The number of hydrogen-bond donors (Lipinski definition) is 2. The van der Waals surface area contributed by atoms with E-state index in [-0.39, 0.29) is 17.3 Å². The molecule has 1 amide bonds. The molecule has 0 radical (unpaired) electrons. The van der Waals surface area contributed by atoms with Gasteiger partial charge in [0.15, 0.2) is 0 Å². The van der Waals surface area contributed by atoms with Crippen LogP contribution in [-0.4, -0.2) is 60.3 Å². The minimum absolute atomic E-state index is 0.193. The first kappa shape index (κ1) is 17.7. The van der Waals surface area contributed by atoms with Crippen LogP contribution < -0.4 is 15.5 Å². The molecule has 26 heavy (non-hydrogen) atoms. The standard InChI is InChI=1S/C19H29N5O2/c1-12-13(2)21-16(18(25)20-3)23-17(12)24-8-5-14(10-24)22-15-9-19(26-11-15)6-4-7-19/h14-15,22H,4-11H2,1-3H3,(H,20,25)/t14-,15?/m1/s1. The van der Waals surface area contributed by atoms with Gasteiger partial charge in [-0.1, -0.05) is 0 Å². The number of aromatic nitrogens is 2. The number of hydrogen-bond acceptors (Lipinski definition) is 6. The number of amides is 1. The zero-order valence-corrected chi connectivity index (χ0v) is 16.0. The Balaban J connectivity index is 1.42. The van der Waals surface area contributed by atoms with E-state index in [0.717, 1.165) is 49.6 Å². The second-order valence-electron chi connectivity index (χ2n) is 8.01. The first-order valence-corrected chi connectivity index (χ1v) is 9.72. The zero-order chi connectivity index (χ0) is 18.3.